The summed E-state index contributed by atoms with van der Waals surface area (Å²) in [5.74, 6) is 0.902. The van der Waals surface area contributed by atoms with Gasteiger partial charge in [-0.3, -0.25) is 0 Å². The monoisotopic (exact) mass is 794 g/mol. The summed E-state index contributed by atoms with van der Waals surface area (Å²) < 4.78 is 0. The van der Waals surface area contributed by atoms with Gasteiger partial charge in [-0.25, -0.2) is 9.97 Å². The van der Waals surface area contributed by atoms with E-state index in [2.05, 4.69) is 173 Å². The van der Waals surface area contributed by atoms with Gasteiger partial charge in [0.1, 0.15) is 0 Å². The molecule has 9 rings (SSSR count). The van der Waals surface area contributed by atoms with Crippen molar-refractivity contribution in [3.63, 3.8) is 0 Å². The Labute approximate surface area is 350 Å². The fourth-order valence-electron chi connectivity index (χ4n) is 9.01. The maximum Gasteiger partial charge on any atom is 0.0737 e. The van der Waals surface area contributed by atoms with Gasteiger partial charge < -0.3 is 9.97 Å². The largest absolute Gasteiger partial charge is 0.354 e. The number of hydrogen-bond acceptors (Lipinski definition) is 2. The lowest BCUT2D eigenvalue weighted by Crippen LogP contribution is -1.95. The first-order valence-corrected chi connectivity index (χ1v) is 20.8. The number of halogens is 2. The number of benzene rings is 4. The van der Waals surface area contributed by atoms with Gasteiger partial charge in [0.15, 0.2) is 0 Å². The molecule has 2 aliphatic heterocycles. The summed E-state index contributed by atoms with van der Waals surface area (Å²) in [6, 6.07) is 34.8. The summed E-state index contributed by atoms with van der Waals surface area (Å²) in [5.41, 5.74) is 25.4. The molecular formula is C52H44Cl2N4. The van der Waals surface area contributed by atoms with Gasteiger partial charge in [-0.2, -0.15) is 0 Å². The fourth-order valence-corrected chi connectivity index (χ4v) is 9.37. The number of nitrogens with zero attached hydrogens (tertiary/aromatic N) is 2. The summed E-state index contributed by atoms with van der Waals surface area (Å²) in [6.07, 6.45) is 8.63. The van der Waals surface area contributed by atoms with Crippen LogP contribution in [-0.2, 0) is 11.8 Å². The summed E-state index contributed by atoms with van der Waals surface area (Å²) in [5, 5.41) is 0. The molecule has 2 aliphatic rings. The van der Waals surface area contributed by atoms with Gasteiger partial charge in [-0.05, 0) is 146 Å². The van der Waals surface area contributed by atoms with Crippen molar-refractivity contribution in [2.45, 2.75) is 53.3 Å². The van der Waals surface area contributed by atoms with Crippen molar-refractivity contribution in [1.29, 1.82) is 0 Å². The van der Waals surface area contributed by atoms with E-state index < -0.39 is 0 Å². The van der Waals surface area contributed by atoms with Crippen molar-refractivity contribution in [3.05, 3.63) is 164 Å². The van der Waals surface area contributed by atoms with Crippen molar-refractivity contribution in [2.75, 3.05) is 0 Å². The van der Waals surface area contributed by atoms with Crippen LogP contribution in [0, 0.1) is 41.5 Å². The lowest BCUT2D eigenvalue weighted by molar-refractivity contribution is 1.28. The van der Waals surface area contributed by atoms with Crippen molar-refractivity contribution < 1.29 is 0 Å². The number of nitrogens with one attached hydrogen (secondary N) is 2. The third kappa shape index (κ3) is 6.70. The highest BCUT2D eigenvalue weighted by Crippen LogP contribution is 2.41. The molecule has 0 saturated carbocycles. The number of H-pyrrole nitrogens is 2. The maximum atomic E-state index is 6.28. The van der Waals surface area contributed by atoms with E-state index in [4.69, 9.17) is 33.2 Å². The minimum absolute atomic E-state index is 0.451. The van der Waals surface area contributed by atoms with Gasteiger partial charge in [0.25, 0.3) is 0 Å². The van der Waals surface area contributed by atoms with Gasteiger partial charge in [-0.1, -0.05) is 83.9 Å². The van der Waals surface area contributed by atoms with Crippen molar-refractivity contribution in [3.8, 4) is 44.5 Å². The van der Waals surface area contributed by atoms with Crippen LogP contribution in [-0.4, -0.2) is 19.9 Å². The second kappa shape index (κ2) is 15.1. The molecule has 0 spiro atoms. The van der Waals surface area contributed by atoms with E-state index in [-0.39, 0.29) is 0 Å². The van der Waals surface area contributed by atoms with Gasteiger partial charge in [0.2, 0.25) is 0 Å². The number of rotatable bonds is 6. The van der Waals surface area contributed by atoms with Crippen LogP contribution in [0.1, 0.15) is 67.3 Å². The zero-order chi connectivity index (χ0) is 40.2. The molecule has 0 fully saturated rings. The van der Waals surface area contributed by atoms with Crippen LogP contribution < -0.4 is 0 Å². The molecule has 58 heavy (non-hydrogen) atoms. The highest BCUT2D eigenvalue weighted by Gasteiger charge is 2.21. The van der Waals surface area contributed by atoms with E-state index in [1.54, 1.807) is 0 Å². The maximum absolute atomic E-state index is 6.28. The Morgan fingerprint density at radius 2 is 0.672 bits per heavy atom. The van der Waals surface area contributed by atoms with Gasteiger partial charge >= 0.3 is 0 Å². The molecule has 0 unspecified atom stereocenters. The van der Waals surface area contributed by atoms with Gasteiger partial charge in [0.05, 0.1) is 22.8 Å². The summed E-state index contributed by atoms with van der Waals surface area (Å²) >= 11 is 12.6. The molecule has 6 heteroatoms. The van der Waals surface area contributed by atoms with Gasteiger partial charge in [0, 0.05) is 56.1 Å². The molecule has 5 heterocycles. The molecule has 0 atom stereocenters. The normalized spacial score (nSPS) is 12.1. The second-order valence-electron chi connectivity index (χ2n) is 15.7. The quantitative estimate of drug-likeness (QED) is 0.165. The Hall–Kier alpha value is -5.94. The van der Waals surface area contributed by atoms with Crippen LogP contribution >= 0.6 is 23.2 Å². The minimum Gasteiger partial charge on any atom is -0.354 e. The third-order valence-electron chi connectivity index (χ3n) is 11.4. The zero-order valence-electron chi connectivity index (χ0n) is 33.6. The minimum atomic E-state index is 0.451. The van der Waals surface area contributed by atoms with E-state index in [1.165, 1.54) is 44.5 Å². The average molecular weight is 796 g/mol. The predicted octanol–water partition coefficient (Wildman–Crippen LogP) is 14.7. The Bertz CT molecular complexity index is 2760. The molecule has 286 valence electrons. The highest BCUT2D eigenvalue weighted by atomic mass is 35.5. The molecule has 8 bridgehead atoms. The number of fused-ring (bicyclic) bond motifs is 8. The number of alkyl halides is 2. The molecule has 0 radical (unpaired) electrons. The van der Waals surface area contributed by atoms with Crippen LogP contribution in [0.2, 0.25) is 0 Å². The molecule has 4 aromatic carbocycles. The second-order valence-corrected chi connectivity index (χ2v) is 16.2. The van der Waals surface area contributed by atoms with Crippen LogP contribution in [0.15, 0.2) is 97.1 Å². The lowest BCUT2D eigenvalue weighted by Gasteiger charge is -2.13. The number of aromatic amines is 2. The van der Waals surface area contributed by atoms with E-state index >= 15 is 0 Å². The first kappa shape index (κ1) is 37.6. The Morgan fingerprint density at radius 1 is 0.379 bits per heavy atom. The van der Waals surface area contributed by atoms with E-state index in [0.717, 1.165) is 89.4 Å². The smallest absolute Gasteiger partial charge is 0.0737 e. The standard InChI is InChI=1S/C52H44Cl2N4/c1-29-23-31(3)47(32(4)24-29)51-43-19-15-39(55-43)49(37-11-7-35(27-53)8-12-37)41-17-21-45(57-41)52(48-33(5)25-30(2)26-34(48)6)46-22-18-42(58-46)50(40-16-20-44(51)56-40)38-13-9-36(28-54)10-14-38/h7-26,55,58H,27-28H2,1-6H3. The van der Waals surface area contributed by atoms with Crippen LogP contribution in [0.4, 0.5) is 0 Å². The lowest BCUT2D eigenvalue weighted by atomic mass is 9.92. The van der Waals surface area contributed by atoms with Crippen LogP contribution in [0.5, 0.6) is 0 Å². The fraction of sp³-hybridized carbons (Fsp3) is 0.154. The van der Waals surface area contributed by atoms with Crippen LogP contribution in [0.25, 0.3) is 90.9 Å². The van der Waals surface area contributed by atoms with E-state index in [0.29, 0.717) is 11.8 Å². The van der Waals surface area contributed by atoms with E-state index in [9.17, 15) is 0 Å². The van der Waals surface area contributed by atoms with Gasteiger partial charge in [-0.15, -0.1) is 23.2 Å². The molecule has 0 saturated heterocycles. The highest BCUT2D eigenvalue weighted by molar-refractivity contribution is 6.17. The average Bonchev–Trinajstić information content (AvgIpc) is 4.05. The summed E-state index contributed by atoms with van der Waals surface area (Å²) in [6.45, 7) is 13.1. The Kier molecular flexibility index (Phi) is 9.79. The third-order valence-corrected chi connectivity index (χ3v) is 12.0. The molecule has 7 aromatic rings. The van der Waals surface area contributed by atoms with Crippen molar-refractivity contribution in [1.82, 2.24) is 19.9 Å². The molecule has 3 aromatic heterocycles. The molecular weight excluding hydrogens is 752 g/mol. The van der Waals surface area contributed by atoms with Crippen molar-refractivity contribution in [2.24, 2.45) is 0 Å². The summed E-state index contributed by atoms with van der Waals surface area (Å²) in [7, 11) is 0. The molecule has 4 nitrogen and oxygen atoms in total. The first-order chi connectivity index (χ1) is 28.1. The number of aromatic nitrogens is 4. The predicted molar refractivity (Wildman–Crippen MR) is 248 cm³/mol. The molecule has 0 aliphatic carbocycles. The topological polar surface area (TPSA) is 57.4 Å². The Morgan fingerprint density at radius 3 is 0.983 bits per heavy atom. The number of aryl methyl sites for hydroxylation is 6. The number of hydrogen-bond donors (Lipinski definition) is 2. The zero-order valence-corrected chi connectivity index (χ0v) is 35.1. The van der Waals surface area contributed by atoms with E-state index in [1.807, 2.05) is 0 Å². The molecule has 0 amide bonds. The Balaban J connectivity index is 1.49. The molecule has 2 N–H and O–H groups in total. The van der Waals surface area contributed by atoms with Crippen molar-refractivity contribution >= 4 is 69.6 Å². The van der Waals surface area contributed by atoms with Crippen LogP contribution in [0.3, 0.4) is 0 Å². The first-order valence-electron chi connectivity index (χ1n) is 19.7. The summed E-state index contributed by atoms with van der Waals surface area (Å²) in [4.78, 5) is 18.8. The SMILES string of the molecule is Cc1cc(C)c(-c2c3nc(c(-c4ccc(CCl)cc4)c4ccc([nH]4)c(-c4c(C)cc(C)cc4C)c4nc(c(-c5ccc(CCl)cc5)c5ccc2[nH]5)C=C4)C=C3)c(C)c1.